The Morgan fingerprint density at radius 2 is 2.53 bits per heavy atom. The highest BCUT2D eigenvalue weighted by Gasteiger charge is 2.02. The molecule has 4 nitrogen and oxygen atoms in total. The number of aromatic nitrogens is 2. The van der Waals surface area contributed by atoms with Crippen LogP contribution in [0.25, 0.3) is 0 Å². The second kappa shape index (κ2) is 5.99. The smallest absolute Gasteiger partial charge is 0.213 e. The lowest BCUT2D eigenvalue weighted by molar-refractivity contribution is 0.671. The fourth-order valence-electron chi connectivity index (χ4n) is 1.29. The Balaban J connectivity index is 2.42. The van der Waals surface area contributed by atoms with E-state index in [-0.39, 0.29) is 0 Å². The lowest BCUT2D eigenvalue weighted by Crippen LogP contribution is -2.19. The Morgan fingerprint density at radius 3 is 3.20 bits per heavy atom. The summed E-state index contributed by atoms with van der Waals surface area (Å²) in [5.41, 5.74) is 1.05. The topological polar surface area (TPSA) is 53.6 Å². The molecule has 1 aromatic heterocycles. The number of hydrogen-bond acceptors (Lipinski definition) is 3. The SMILES string of the molecule is C=C(CNCCC)Cn1ccnc1C#N. The van der Waals surface area contributed by atoms with Gasteiger partial charge in [0.1, 0.15) is 6.07 Å². The molecule has 1 N–H and O–H groups in total. The first-order valence-electron chi connectivity index (χ1n) is 5.06. The number of hydrogen-bond donors (Lipinski definition) is 1. The molecule has 15 heavy (non-hydrogen) atoms. The van der Waals surface area contributed by atoms with Crippen LogP contribution in [0.3, 0.4) is 0 Å². The molecule has 0 bridgehead atoms. The van der Waals surface area contributed by atoms with Crippen LogP contribution in [0.1, 0.15) is 19.2 Å². The average Bonchev–Trinajstić information content (AvgIpc) is 2.65. The van der Waals surface area contributed by atoms with Gasteiger partial charge in [0.2, 0.25) is 5.82 Å². The van der Waals surface area contributed by atoms with Crippen LogP contribution in [0, 0.1) is 11.3 Å². The van der Waals surface area contributed by atoms with Gasteiger partial charge in [-0.1, -0.05) is 13.5 Å². The average molecular weight is 204 g/mol. The molecule has 0 aromatic carbocycles. The zero-order valence-corrected chi connectivity index (χ0v) is 9.03. The van der Waals surface area contributed by atoms with E-state index < -0.39 is 0 Å². The number of imidazole rings is 1. The normalized spacial score (nSPS) is 9.87. The third-order valence-corrected chi connectivity index (χ3v) is 2.01. The van der Waals surface area contributed by atoms with Crippen molar-refractivity contribution in [2.24, 2.45) is 0 Å². The van der Waals surface area contributed by atoms with Gasteiger partial charge in [0.25, 0.3) is 0 Å². The van der Waals surface area contributed by atoms with Crippen molar-refractivity contribution < 1.29 is 0 Å². The minimum Gasteiger partial charge on any atom is -0.319 e. The van der Waals surface area contributed by atoms with Crippen LogP contribution in [0.2, 0.25) is 0 Å². The van der Waals surface area contributed by atoms with Crippen molar-refractivity contribution in [3.05, 3.63) is 30.4 Å². The zero-order chi connectivity index (χ0) is 11.1. The molecule has 0 saturated heterocycles. The standard InChI is InChI=1S/C11H16N4/c1-3-4-13-8-10(2)9-15-6-5-14-11(15)7-12/h5-6,13H,2-4,8-9H2,1H3. The molecule has 0 atom stereocenters. The van der Waals surface area contributed by atoms with Gasteiger partial charge >= 0.3 is 0 Å². The van der Waals surface area contributed by atoms with Crippen LogP contribution in [-0.2, 0) is 6.54 Å². The van der Waals surface area contributed by atoms with Gasteiger partial charge in [-0.25, -0.2) is 4.98 Å². The fraction of sp³-hybridized carbons (Fsp3) is 0.455. The first kappa shape index (κ1) is 11.5. The minimum absolute atomic E-state index is 0.437. The molecule has 0 aliphatic heterocycles. The molecule has 0 spiro atoms. The molecule has 4 heteroatoms. The summed E-state index contributed by atoms with van der Waals surface area (Å²) in [6.07, 6.45) is 4.54. The van der Waals surface area contributed by atoms with Crippen molar-refractivity contribution >= 4 is 0 Å². The van der Waals surface area contributed by atoms with Gasteiger partial charge in [0, 0.05) is 25.5 Å². The number of nitriles is 1. The summed E-state index contributed by atoms with van der Waals surface area (Å²) in [5, 5.41) is 12.0. The predicted octanol–water partition coefficient (Wildman–Crippen LogP) is 1.31. The third-order valence-electron chi connectivity index (χ3n) is 2.01. The highest BCUT2D eigenvalue weighted by Crippen LogP contribution is 2.00. The lowest BCUT2D eigenvalue weighted by Gasteiger charge is -2.08. The van der Waals surface area contributed by atoms with E-state index in [1.54, 1.807) is 17.0 Å². The maximum atomic E-state index is 8.76. The summed E-state index contributed by atoms with van der Waals surface area (Å²) in [5.74, 6) is 0.437. The molecule has 0 amide bonds. The maximum Gasteiger partial charge on any atom is 0.213 e. The Hall–Kier alpha value is -1.60. The van der Waals surface area contributed by atoms with Crippen LogP contribution in [0.5, 0.6) is 0 Å². The van der Waals surface area contributed by atoms with E-state index in [0.29, 0.717) is 12.4 Å². The van der Waals surface area contributed by atoms with Crippen molar-refractivity contribution in [3.8, 4) is 6.07 Å². The monoisotopic (exact) mass is 204 g/mol. The van der Waals surface area contributed by atoms with Gasteiger partial charge < -0.3 is 9.88 Å². The molecular weight excluding hydrogens is 188 g/mol. The molecule has 80 valence electrons. The van der Waals surface area contributed by atoms with Crippen LogP contribution in [-0.4, -0.2) is 22.6 Å². The maximum absolute atomic E-state index is 8.76. The second-order valence-electron chi connectivity index (χ2n) is 3.42. The molecular formula is C11H16N4. The summed E-state index contributed by atoms with van der Waals surface area (Å²) >= 11 is 0. The summed E-state index contributed by atoms with van der Waals surface area (Å²) in [6, 6.07) is 2.04. The van der Waals surface area contributed by atoms with Crippen molar-refractivity contribution in [1.29, 1.82) is 5.26 Å². The number of nitrogens with zero attached hydrogens (tertiary/aromatic N) is 3. The first-order chi connectivity index (χ1) is 7.27. The summed E-state index contributed by atoms with van der Waals surface area (Å²) in [4.78, 5) is 3.92. The van der Waals surface area contributed by atoms with Crippen LogP contribution in [0.4, 0.5) is 0 Å². The van der Waals surface area contributed by atoms with Crippen molar-refractivity contribution in [3.63, 3.8) is 0 Å². The summed E-state index contributed by atoms with van der Waals surface area (Å²) in [6.45, 7) is 8.52. The number of nitrogens with one attached hydrogen (secondary N) is 1. The van der Waals surface area contributed by atoms with Crippen molar-refractivity contribution in [2.75, 3.05) is 13.1 Å². The molecule has 1 aromatic rings. The molecule has 0 saturated carbocycles. The Bertz CT molecular complexity index is 359. The van der Waals surface area contributed by atoms with Gasteiger partial charge in [-0.05, 0) is 18.5 Å². The Labute approximate surface area is 90.2 Å². The van der Waals surface area contributed by atoms with Gasteiger partial charge in [0.05, 0.1) is 0 Å². The van der Waals surface area contributed by atoms with Gasteiger partial charge in [-0.15, -0.1) is 0 Å². The Kier molecular flexibility index (Phi) is 4.58. The van der Waals surface area contributed by atoms with E-state index in [4.69, 9.17) is 5.26 Å². The van der Waals surface area contributed by atoms with E-state index >= 15 is 0 Å². The third kappa shape index (κ3) is 3.56. The fourth-order valence-corrected chi connectivity index (χ4v) is 1.29. The Morgan fingerprint density at radius 1 is 1.73 bits per heavy atom. The van der Waals surface area contributed by atoms with E-state index in [1.165, 1.54) is 0 Å². The minimum atomic E-state index is 0.437. The quantitative estimate of drug-likeness (QED) is 0.561. The van der Waals surface area contributed by atoms with Gasteiger partial charge in [-0.2, -0.15) is 5.26 Å². The molecule has 0 fully saturated rings. The molecule has 1 heterocycles. The van der Waals surface area contributed by atoms with E-state index in [9.17, 15) is 0 Å². The number of rotatable bonds is 6. The van der Waals surface area contributed by atoms with E-state index in [1.807, 2.05) is 6.07 Å². The van der Waals surface area contributed by atoms with Gasteiger partial charge in [0.15, 0.2) is 0 Å². The second-order valence-corrected chi connectivity index (χ2v) is 3.42. The molecule has 0 aliphatic rings. The first-order valence-corrected chi connectivity index (χ1v) is 5.06. The van der Waals surface area contributed by atoms with E-state index in [2.05, 4.69) is 23.8 Å². The zero-order valence-electron chi connectivity index (χ0n) is 9.03. The highest BCUT2D eigenvalue weighted by atomic mass is 15.1. The van der Waals surface area contributed by atoms with Crippen LogP contribution < -0.4 is 5.32 Å². The lowest BCUT2D eigenvalue weighted by atomic mass is 10.3. The summed E-state index contributed by atoms with van der Waals surface area (Å²) < 4.78 is 1.80. The molecule has 0 unspecified atom stereocenters. The summed E-state index contributed by atoms with van der Waals surface area (Å²) in [7, 11) is 0. The highest BCUT2D eigenvalue weighted by molar-refractivity contribution is 5.13. The van der Waals surface area contributed by atoms with Crippen molar-refractivity contribution in [2.45, 2.75) is 19.9 Å². The molecule has 1 rings (SSSR count). The van der Waals surface area contributed by atoms with Crippen molar-refractivity contribution in [1.82, 2.24) is 14.9 Å². The molecule has 0 aliphatic carbocycles. The molecule has 0 radical (unpaired) electrons. The van der Waals surface area contributed by atoms with Crippen LogP contribution >= 0.6 is 0 Å². The predicted molar refractivity (Wildman–Crippen MR) is 59.2 cm³/mol. The van der Waals surface area contributed by atoms with E-state index in [0.717, 1.165) is 25.1 Å². The largest absolute Gasteiger partial charge is 0.319 e. The van der Waals surface area contributed by atoms with Gasteiger partial charge in [-0.3, -0.25) is 0 Å². The van der Waals surface area contributed by atoms with Crippen LogP contribution in [0.15, 0.2) is 24.5 Å².